The molecule has 1 aromatic carbocycles. The van der Waals surface area contributed by atoms with Crippen LogP contribution in [0.5, 0.6) is 11.5 Å². The molecule has 5 aliphatic carbocycles. The van der Waals surface area contributed by atoms with Crippen LogP contribution in [0.15, 0.2) is 36.1 Å². The normalized spacial score (nSPS) is 38.7. The Balaban J connectivity index is 1.51. The summed E-state index contributed by atoms with van der Waals surface area (Å²) in [5, 5.41) is 22.4. The van der Waals surface area contributed by atoms with Crippen LogP contribution in [0, 0.1) is 23.7 Å². The number of hydrogen-bond donors (Lipinski definition) is 2. The van der Waals surface area contributed by atoms with Crippen LogP contribution in [0.1, 0.15) is 81.8 Å². The Bertz CT molecular complexity index is 822. The predicted molar refractivity (Wildman–Crippen MR) is 120 cm³/mol. The van der Waals surface area contributed by atoms with Crippen LogP contribution in [-0.4, -0.2) is 17.3 Å². The molecule has 0 unspecified atom stereocenters. The third-order valence-corrected chi connectivity index (χ3v) is 8.82. The van der Waals surface area contributed by atoms with Gasteiger partial charge in [-0.15, -0.1) is 0 Å². The van der Waals surface area contributed by atoms with E-state index in [-0.39, 0.29) is 28.7 Å². The second-order valence-corrected chi connectivity index (χ2v) is 10.9. The van der Waals surface area contributed by atoms with E-state index in [2.05, 4.69) is 13.5 Å². The minimum Gasteiger partial charge on any atom is -0.508 e. The number of hydrogen-bond acceptors (Lipinski definition) is 3. The number of rotatable bonds is 4. The topological polar surface area (TPSA) is 49.7 Å². The molecule has 0 aliphatic heterocycles. The van der Waals surface area contributed by atoms with Crippen molar-refractivity contribution >= 4 is 0 Å². The first-order valence-corrected chi connectivity index (χ1v) is 11.8. The fourth-order valence-electron chi connectivity index (χ4n) is 8.01. The summed E-state index contributed by atoms with van der Waals surface area (Å²) in [6.45, 7) is 6.29. The van der Waals surface area contributed by atoms with E-state index in [0.29, 0.717) is 5.56 Å². The van der Waals surface area contributed by atoms with Gasteiger partial charge in [0.15, 0.2) is 0 Å². The van der Waals surface area contributed by atoms with E-state index in [1.165, 1.54) is 49.7 Å². The van der Waals surface area contributed by atoms with Crippen molar-refractivity contribution < 1.29 is 14.9 Å². The highest BCUT2D eigenvalue weighted by atomic mass is 16.5. The summed E-state index contributed by atoms with van der Waals surface area (Å²) in [6.07, 6.45) is 12.5. The highest BCUT2D eigenvalue weighted by Gasteiger charge is 2.52. The minimum absolute atomic E-state index is 0.0445. The van der Waals surface area contributed by atoms with Crippen LogP contribution < -0.4 is 0 Å². The largest absolute Gasteiger partial charge is 0.508 e. The van der Waals surface area contributed by atoms with E-state index in [9.17, 15) is 10.2 Å². The van der Waals surface area contributed by atoms with Crippen molar-refractivity contribution in [2.45, 2.75) is 76.0 Å². The van der Waals surface area contributed by atoms with E-state index in [4.69, 9.17) is 4.74 Å². The molecule has 3 heteroatoms. The number of ether oxygens (including phenoxy) is 1. The van der Waals surface area contributed by atoms with Crippen molar-refractivity contribution in [3.05, 3.63) is 47.2 Å². The predicted octanol–water partition coefficient (Wildman–Crippen LogP) is 6.56. The van der Waals surface area contributed by atoms with Gasteiger partial charge in [0.25, 0.3) is 0 Å². The summed E-state index contributed by atoms with van der Waals surface area (Å²) < 4.78 is 5.27. The van der Waals surface area contributed by atoms with Gasteiger partial charge in [0.1, 0.15) is 11.5 Å². The third-order valence-electron chi connectivity index (χ3n) is 8.82. The van der Waals surface area contributed by atoms with Crippen molar-refractivity contribution in [1.29, 1.82) is 0 Å². The Hall–Kier alpha value is -1.90. The molecule has 162 valence electrons. The summed E-state index contributed by atoms with van der Waals surface area (Å²) in [5.74, 6) is 3.38. The number of methoxy groups -OCH3 is 1. The van der Waals surface area contributed by atoms with Gasteiger partial charge in [-0.2, -0.15) is 0 Å². The lowest BCUT2D eigenvalue weighted by molar-refractivity contribution is -0.00537. The molecular weight excluding hydrogens is 372 g/mol. The smallest absolute Gasteiger partial charge is 0.123 e. The molecule has 3 nitrogen and oxygen atoms in total. The zero-order chi connectivity index (χ0) is 21.0. The quantitative estimate of drug-likeness (QED) is 0.438. The number of allylic oxidation sites excluding steroid dienone is 2. The summed E-state index contributed by atoms with van der Waals surface area (Å²) in [7, 11) is 1.68. The molecule has 5 saturated carbocycles. The van der Waals surface area contributed by atoms with Gasteiger partial charge < -0.3 is 14.9 Å². The van der Waals surface area contributed by atoms with Gasteiger partial charge in [0, 0.05) is 11.5 Å². The second-order valence-electron chi connectivity index (χ2n) is 10.9. The first kappa shape index (κ1) is 20.0. The maximum Gasteiger partial charge on any atom is 0.123 e. The average molecular weight is 409 g/mol. The van der Waals surface area contributed by atoms with Crippen molar-refractivity contribution in [3.63, 3.8) is 0 Å². The van der Waals surface area contributed by atoms with Crippen LogP contribution >= 0.6 is 0 Å². The summed E-state index contributed by atoms with van der Waals surface area (Å²) >= 11 is 0. The molecule has 0 saturated heterocycles. The van der Waals surface area contributed by atoms with Gasteiger partial charge >= 0.3 is 0 Å². The Labute approximate surface area is 180 Å². The maximum absolute atomic E-state index is 11.2. The van der Waals surface area contributed by atoms with Crippen molar-refractivity contribution in [3.8, 4) is 11.5 Å². The molecule has 4 bridgehead atoms. The number of aromatic hydroxyl groups is 2. The molecule has 0 radical (unpaired) electrons. The molecule has 30 heavy (non-hydrogen) atoms. The molecule has 5 aliphatic rings. The molecule has 2 atom stereocenters. The number of phenols is 2. The van der Waals surface area contributed by atoms with Crippen LogP contribution in [0.2, 0.25) is 0 Å². The number of phenolic OH excluding ortho intramolecular Hbond substituents is 2. The highest BCUT2D eigenvalue weighted by molar-refractivity contribution is 5.52. The van der Waals surface area contributed by atoms with Gasteiger partial charge in [-0.1, -0.05) is 12.2 Å². The fourth-order valence-corrected chi connectivity index (χ4v) is 8.01. The van der Waals surface area contributed by atoms with E-state index in [1.807, 2.05) is 18.4 Å². The van der Waals surface area contributed by atoms with Crippen LogP contribution in [0.3, 0.4) is 0 Å². The molecule has 0 spiro atoms. The average Bonchev–Trinajstić information content (AvgIpc) is 2.66. The van der Waals surface area contributed by atoms with Crippen LogP contribution in [-0.2, 0) is 10.2 Å². The van der Waals surface area contributed by atoms with E-state index in [0.717, 1.165) is 42.6 Å². The highest BCUT2D eigenvalue weighted by Crippen LogP contribution is 2.61. The summed E-state index contributed by atoms with van der Waals surface area (Å²) in [5.41, 5.74) is 4.42. The zero-order valence-electron chi connectivity index (χ0n) is 18.5. The first-order valence-electron chi connectivity index (χ1n) is 11.8. The van der Waals surface area contributed by atoms with Gasteiger partial charge in [0.05, 0.1) is 13.4 Å². The Kier molecular flexibility index (Phi) is 4.91. The van der Waals surface area contributed by atoms with E-state index < -0.39 is 0 Å². The second kappa shape index (κ2) is 7.35. The fraction of sp³-hybridized carbons (Fsp3) is 0.630. The summed E-state index contributed by atoms with van der Waals surface area (Å²) in [4.78, 5) is 0. The molecule has 6 rings (SSSR count). The molecule has 2 N–H and O–H groups in total. The molecule has 0 heterocycles. The van der Waals surface area contributed by atoms with Crippen LogP contribution in [0.25, 0.3) is 0 Å². The molecular formula is C27H36O3. The third kappa shape index (κ3) is 3.25. The van der Waals surface area contributed by atoms with Gasteiger partial charge in [-0.3, -0.25) is 0 Å². The van der Waals surface area contributed by atoms with Crippen LogP contribution in [0.4, 0.5) is 0 Å². The lowest BCUT2D eigenvalue weighted by atomic mass is 9.48. The van der Waals surface area contributed by atoms with Gasteiger partial charge in [-0.25, -0.2) is 0 Å². The van der Waals surface area contributed by atoms with Crippen molar-refractivity contribution in [2.75, 3.05) is 7.11 Å². The minimum atomic E-state index is 0.0445. The number of benzene rings is 1. The molecule has 5 fully saturated rings. The van der Waals surface area contributed by atoms with Crippen molar-refractivity contribution in [2.24, 2.45) is 23.7 Å². The molecule has 1 aromatic rings. The van der Waals surface area contributed by atoms with E-state index in [1.54, 1.807) is 7.11 Å². The Morgan fingerprint density at radius 3 is 2.13 bits per heavy atom. The van der Waals surface area contributed by atoms with Crippen molar-refractivity contribution in [1.82, 2.24) is 0 Å². The molecule has 0 aromatic heterocycles. The SMILES string of the molecule is C=C(C)[C@@H]1CC/C(=C\OC)C[C@H]1c1c(O)cc(C23CC4CC(CC(C4)C2)C3)cc1O. The molecule has 0 amide bonds. The zero-order valence-corrected chi connectivity index (χ0v) is 18.5. The lowest BCUT2D eigenvalue weighted by Crippen LogP contribution is -2.48. The Morgan fingerprint density at radius 2 is 1.63 bits per heavy atom. The van der Waals surface area contributed by atoms with Gasteiger partial charge in [0.2, 0.25) is 0 Å². The standard InChI is InChI=1S/C27H36O3/c1-16(2)22-5-4-17(15-30-3)9-23(22)26-24(28)10-21(11-25(26)29)27-12-18-6-19(13-27)8-20(7-18)14-27/h10-11,15,18-20,22-23,28-29H,1,4-9,12-14H2,2-3H3/b17-15+/t18?,19?,20?,22-,23+,27?/m0/s1. The van der Waals surface area contributed by atoms with E-state index >= 15 is 0 Å². The van der Waals surface area contributed by atoms with Gasteiger partial charge in [-0.05, 0) is 117 Å². The monoisotopic (exact) mass is 408 g/mol. The lowest BCUT2D eigenvalue weighted by Gasteiger charge is -2.57. The summed E-state index contributed by atoms with van der Waals surface area (Å²) in [6, 6.07) is 4.01. The Morgan fingerprint density at radius 1 is 1.07 bits per heavy atom. The maximum atomic E-state index is 11.2. The first-order chi connectivity index (χ1) is 14.4.